The van der Waals surface area contributed by atoms with Crippen molar-refractivity contribution in [3.05, 3.63) is 23.9 Å². The van der Waals surface area contributed by atoms with Crippen LogP contribution in [0.3, 0.4) is 0 Å². The molecule has 0 amide bonds. The van der Waals surface area contributed by atoms with Gasteiger partial charge in [0.05, 0.1) is 12.7 Å². The summed E-state index contributed by atoms with van der Waals surface area (Å²) >= 11 is 0. The van der Waals surface area contributed by atoms with Crippen LogP contribution in [0.25, 0.3) is 0 Å². The summed E-state index contributed by atoms with van der Waals surface area (Å²) in [5.74, 6) is 1.38. The van der Waals surface area contributed by atoms with E-state index in [2.05, 4.69) is 17.2 Å². The number of aliphatic hydroxyl groups is 1. The number of hydrogen-bond acceptors (Lipinski definition) is 4. The summed E-state index contributed by atoms with van der Waals surface area (Å²) < 4.78 is 5.02. The molecule has 0 saturated heterocycles. The Kier molecular flexibility index (Phi) is 4.77. The lowest BCUT2D eigenvalue weighted by Crippen LogP contribution is -2.43. The van der Waals surface area contributed by atoms with Gasteiger partial charge >= 0.3 is 0 Å². The standard InChI is InChI=1S/C15H24N2O2/c1-12-5-7-15(18,8-6-12)11-16-9-13-3-4-14(19-2)17-10-13/h3-4,10,12,16,18H,5-9,11H2,1-2H3. The molecule has 2 rings (SSSR count). The minimum absolute atomic E-state index is 0.521. The van der Waals surface area contributed by atoms with E-state index in [9.17, 15) is 5.11 Å². The first-order valence-corrected chi connectivity index (χ1v) is 7.03. The van der Waals surface area contributed by atoms with Crippen LogP contribution in [0.4, 0.5) is 0 Å². The minimum atomic E-state index is -0.521. The third kappa shape index (κ3) is 4.18. The summed E-state index contributed by atoms with van der Waals surface area (Å²) in [5.41, 5.74) is 0.584. The maximum atomic E-state index is 10.5. The Labute approximate surface area is 115 Å². The second kappa shape index (κ2) is 6.35. The van der Waals surface area contributed by atoms with Gasteiger partial charge in [-0.05, 0) is 37.2 Å². The Balaban J connectivity index is 1.76. The molecule has 1 heterocycles. The molecule has 1 saturated carbocycles. The van der Waals surface area contributed by atoms with E-state index in [-0.39, 0.29) is 0 Å². The minimum Gasteiger partial charge on any atom is -0.481 e. The van der Waals surface area contributed by atoms with E-state index in [1.54, 1.807) is 13.3 Å². The van der Waals surface area contributed by atoms with Crippen LogP contribution in [0.5, 0.6) is 5.88 Å². The number of pyridine rings is 1. The number of rotatable bonds is 5. The molecule has 0 bridgehead atoms. The molecule has 1 aromatic heterocycles. The van der Waals surface area contributed by atoms with Gasteiger partial charge in [0.15, 0.2) is 0 Å². The van der Waals surface area contributed by atoms with E-state index in [1.165, 1.54) is 0 Å². The number of methoxy groups -OCH3 is 1. The largest absolute Gasteiger partial charge is 0.481 e. The van der Waals surface area contributed by atoms with E-state index in [0.29, 0.717) is 12.4 Å². The molecular formula is C15H24N2O2. The van der Waals surface area contributed by atoms with Crippen LogP contribution in [-0.4, -0.2) is 29.3 Å². The van der Waals surface area contributed by atoms with Gasteiger partial charge in [-0.1, -0.05) is 13.0 Å². The van der Waals surface area contributed by atoms with E-state index in [1.807, 2.05) is 12.1 Å². The van der Waals surface area contributed by atoms with Gasteiger partial charge in [-0.3, -0.25) is 0 Å². The molecule has 1 fully saturated rings. The van der Waals surface area contributed by atoms with Gasteiger partial charge in [0, 0.05) is 25.4 Å². The van der Waals surface area contributed by atoms with Crippen molar-refractivity contribution < 1.29 is 9.84 Å². The highest BCUT2D eigenvalue weighted by atomic mass is 16.5. The zero-order valence-corrected chi connectivity index (χ0v) is 11.9. The van der Waals surface area contributed by atoms with Crippen molar-refractivity contribution in [2.45, 2.75) is 44.8 Å². The summed E-state index contributed by atoms with van der Waals surface area (Å²) in [6.45, 7) is 3.65. The fourth-order valence-electron chi connectivity index (χ4n) is 2.55. The first kappa shape index (κ1) is 14.3. The highest BCUT2D eigenvalue weighted by molar-refractivity contribution is 5.17. The fraction of sp³-hybridized carbons (Fsp3) is 0.667. The van der Waals surface area contributed by atoms with Crippen LogP contribution in [0, 0.1) is 5.92 Å². The van der Waals surface area contributed by atoms with Crippen molar-refractivity contribution in [2.75, 3.05) is 13.7 Å². The van der Waals surface area contributed by atoms with E-state index < -0.39 is 5.60 Å². The Morgan fingerprint density at radius 1 is 1.42 bits per heavy atom. The Morgan fingerprint density at radius 3 is 2.74 bits per heavy atom. The number of aromatic nitrogens is 1. The van der Waals surface area contributed by atoms with Crippen molar-refractivity contribution in [2.24, 2.45) is 5.92 Å². The Bertz CT molecular complexity index is 384. The number of nitrogens with zero attached hydrogens (tertiary/aromatic N) is 1. The first-order chi connectivity index (χ1) is 9.11. The second-order valence-electron chi connectivity index (χ2n) is 5.72. The molecular weight excluding hydrogens is 240 g/mol. The van der Waals surface area contributed by atoms with Gasteiger partial charge in [-0.2, -0.15) is 0 Å². The third-order valence-corrected chi connectivity index (χ3v) is 3.99. The molecule has 0 radical (unpaired) electrons. The van der Waals surface area contributed by atoms with Crippen LogP contribution in [0.1, 0.15) is 38.2 Å². The average molecular weight is 264 g/mol. The fourth-order valence-corrected chi connectivity index (χ4v) is 2.55. The quantitative estimate of drug-likeness (QED) is 0.855. The molecule has 106 valence electrons. The van der Waals surface area contributed by atoms with Crippen molar-refractivity contribution in [3.8, 4) is 5.88 Å². The SMILES string of the molecule is COc1ccc(CNCC2(O)CCC(C)CC2)cn1. The van der Waals surface area contributed by atoms with Gasteiger partial charge in [0.2, 0.25) is 5.88 Å². The molecule has 0 aliphatic heterocycles. The number of ether oxygens (including phenoxy) is 1. The molecule has 19 heavy (non-hydrogen) atoms. The van der Waals surface area contributed by atoms with Crippen LogP contribution in [0.2, 0.25) is 0 Å². The summed E-state index contributed by atoms with van der Waals surface area (Å²) in [7, 11) is 1.61. The van der Waals surface area contributed by atoms with E-state index >= 15 is 0 Å². The first-order valence-electron chi connectivity index (χ1n) is 7.03. The van der Waals surface area contributed by atoms with E-state index in [0.717, 1.165) is 43.7 Å². The molecule has 1 aliphatic rings. The number of hydrogen-bond donors (Lipinski definition) is 2. The molecule has 1 aromatic rings. The van der Waals surface area contributed by atoms with Crippen molar-refractivity contribution in [1.82, 2.24) is 10.3 Å². The number of nitrogens with one attached hydrogen (secondary N) is 1. The average Bonchev–Trinajstić information content (AvgIpc) is 2.43. The van der Waals surface area contributed by atoms with Crippen LogP contribution >= 0.6 is 0 Å². The second-order valence-corrected chi connectivity index (χ2v) is 5.72. The molecule has 0 unspecified atom stereocenters. The Morgan fingerprint density at radius 2 is 2.16 bits per heavy atom. The molecule has 0 atom stereocenters. The molecule has 2 N–H and O–H groups in total. The summed E-state index contributed by atoms with van der Waals surface area (Å²) in [4.78, 5) is 4.17. The van der Waals surface area contributed by atoms with E-state index in [4.69, 9.17) is 4.74 Å². The van der Waals surface area contributed by atoms with Gasteiger partial charge in [0.25, 0.3) is 0 Å². The third-order valence-electron chi connectivity index (χ3n) is 3.99. The topological polar surface area (TPSA) is 54.4 Å². The monoisotopic (exact) mass is 264 g/mol. The van der Waals surface area contributed by atoms with Gasteiger partial charge in [-0.15, -0.1) is 0 Å². The zero-order chi connectivity index (χ0) is 13.7. The van der Waals surface area contributed by atoms with Crippen molar-refractivity contribution >= 4 is 0 Å². The zero-order valence-electron chi connectivity index (χ0n) is 11.9. The van der Waals surface area contributed by atoms with Crippen LogP contribution in [-0.2, 0) is 6.54 Å². The lowest BCUT2D eigenvalue weighted by molar-refractivity contribution is -0.00630. The Hall–Kier alpha value is -1.13. The predicted octanol–water partition coefficient (Wildman–Crippen LogP) is 2.12. The van der Waals surface area contributed by atoms with Crippen LogP contribution < -0.4 is 10.1 Å². The van der Waals surface area contributed by atoms with Crippen molar-refractivity contribution in [1.29, 1.82) is 0 Å². The smallest absolute Gasteiger partial charge is 0.212 e. The highest BCUT2D eigenvalue weighted by Crippen LogP contribution is 2.31. The molecule has 0 spiro atoms. The summed E-state index contributed by atoms with van der Waals surface area (Å²) in [6.07, 6.45) is 5.87. The predicted molar refractivity (Wildman–Crippen MR) is 75.1 cm³/mol. The van der Waals surface area contributed by atoms with Crippen molar-refractivity contribution in [3.63, 3.8) is 0 Å². The maximum absolute atomic E-state index is 10.5. The summed E-state index contributed by atoms with van der Waals surface area (Å²) in [6, 6.07) is 3.85. The lowest BCUT2D eigenvalue weighted by atomic mass is 9.79. The summed E-state index contributed by atoms with van der Waals surface area (Å²) in [5, 5.41) is 13.8. The lowest BCUT2D eigenvalue weighted by Gasteiger charge is -2.35. The molecule has 4 heteroatoms. The molecule has 1 aliphatic carbocycles. The van der Waals surface area contributed by atoms with Crippen LogP contribution in [0.15, 0.2) is 18.3 Å². The molecule has 4 nitrogen and oxygen atoms in total. The van der Waals surface area contributed by atoms with Gasteiger partial charge < -0.3 is 15.2 Å². The van der Waals surface area contributed by atoms with Gasteiger partial charge in [0.1, 0.15) is 0 Å². The molecule has 0 aromatic carbocycles. The maximum Gasteiger partial charge on any atom is 0.212 e. The highest BCUT2D eigenvalue weighted by Gasteiger charge is 2.31. The normalized spacial score (nSPS) is 27.2. The van der Waals surface area contributed by atoms with Gasteiger partial charge in [-0.25, -0.2) is 4.98 Å².